The fraction of sp³-hybridized carbons (Fsp3) is 0.185. The molecule has 5 aromatic rings. The number of aryl methyl sites for hydroxylation is 1. The zero-order valence-corrected chi connectivity index (χ0v) is 18.7. The summed E-state index contributed by atoms with van der Waals surface area (Å²) in [5.74, 6) is 1.76. The van der Waals surface area contributed by atoms with E-state index in [0.717, 1.165) is 65.4 Å². The molecule has 0 saturated carbocycles. The van der Waals surface area contributed by atoms with Gasteiger partial charge in [0.1, 0.15) is 12.2 Å². The van der Waals surface area contributed by atoms with Crippen LogP contribution in [0.5, 0.6) is 0 Å². The van der Waals surface area contributed by atoms with Crippen LogP contribution in [-0.2, 0) is 13.0 Å². The van der Waals surface area contributed by atoms with Crippen molar-refractivity contribution in [2.75, 3.05) is 5.32 Å². The second-order valence-electron chi connectivity index (χ2n) is 8.59. The quantitative estimate of drug-likeness (QED) is 0.407. The highest BCUT2D eigenvalue weighted by Gasteiger charge is 2.16. The van der Waals surface area contributed by atoms with Gasteiger partial charge in [0.2, 0.25) is 0 Å². The van der Waals surface area contributed by atoms with Gasteiger partial charge in [-0.1, -0.05) is 30.7 Å². The van der Waals surface area contributed by atoms with E-state index in [-0.39, 0.29) is 5.91 Å². The molecule has 6 rings (SSSR count). The minimum absolute atomic E-state index is 0.153. The van der Waals surface area contributed by atoms with E-state index in [1.165, 1.54) is 6.42 Å². The number of imidazole rings is 1. The molecular weight excluding hydrogens is 424 g/mol. The molecule has 0 aliphatic carbocycles. The average molecular weight is 449 g/mol. The third-order valence-corrected chi connectivity index (χ3v) is 6.35. The summed E-state index contributed by atoms with van der Waals surface area (Å²) in [4.78, 5) is 17.4. The van der Waals surface area contributed by atoms with Crippen molar-refractivity contribution < 1.29 is 4.79 Å². The van der Waals surface area contributed by atoms with Gasteiger partial charge < -0.3 is 9.88 Å². The molecule has 1 aliphatic rings. The van der Waals surface area contributed by atoms with E-state index in [1.54, 1.807) is 6.33 Å². The van der Waals surface area contributed by atoms with Crippen molar-refractivity contribution in [3.05, 3.63) is 90.5 Å². The molecule has 7 heteroatoms. The number of fused-ring (bicyclic) bond motifs is 2. The highest BCUT2D eigenvalue weighted by molar-refractivity contribution is 6.04. The van der Waals surface area contributed by atoms with Crippen LogP contribution in [0.1, 0.15) is 35.4 Å². The van der Waals surface area contributed by atoms with Gasteiger partial charge in [-0.25, -0.2) is 4.98 Å². The lowest BCUT2D eigenvalue weighted by atomic mass is 10.1. The lowest BCUT2D eigenvalue weighted by molar-refractivity contribution is 0.102. The molecular formula is C27H24N6O. The fourth-order valence-corrected chi connectivity index (χ4v) is 4.58. The molecule has 1 aliphatic heterocycles. The SMILES string of the molecule is O=C(Nc1cccc(-c2nnc3n2CCCCC3)c1)c1ccc(-n2cnc3ccccc32)cc1. The Morgan fingerprint density at radius 2 is 1.76 bits per heavy atom. The molecule has 7 nitrogen and oxygen atoms in total. The number of hydrogen-bond donors (Lipinski definition) is 1. The predicted octanol–water partition coefficient (Wildman–Crippen LogP) is 5.26. The van der Waals surface area contributed by atoms with E-state index < -0.39 is 0 Å². The van der Waals surface area contributed by atoms with Crippen LogP contribution < -0.4 is 5.32 Å². The number of aromatic nitrogens is 5. The van der Waals surface area contributed by atoms with Crippen LogP contribution >= 0.6 is 0 Å². The van der Waals surface area contributed by atoms with Crippen LogP contribution in [0, 0.1) is 0 Å². The maximum absolute atomic E-state index is 12.9. The molecule has 0 unspecified atom stereocenters. The Hall–Kier alpha value is -4.26. The highest BCUT2D eigenvalue weighted by atomic mass is 16.1. The van der Waals surface area contributed by atoms with Gasteiger partial charge in [-0.3, -0.25) is 9.36 Å². The third kappa shape index (κ3) is 3.75. The molecule has 0 bridgehead atoms. The summed E-state index contributed by atoms with van der Waals surface area (Å²) in [6.07, 6.45) is 6.28. The minimum Gasteiger partial charge on any atom is -0.322 e. The Kier molecular flexibility index (Phi) is 5.14. The zero-order chi connectivity index (χ0) is 22.9. The molecule has 34 heavy (non-hydrogen) atoms. The van der Waals surface area contributed by atoms with Crippen molar-refractivity contribution in [2.24, 2.45) is 0 Å². The Morgan fingerprint density at radius 1 is 0.882 bits per heavy atom. The van der Waals surface area contributed by atoms with E-state index in [9.17, 15) is 4.79 Å². The first-order valence-corrected chi connectivity index (χ1v) is 11.6. The first-order chi connectivity index (χ1) is 16.8. The van der Waals surface area contributed by atoms with Crippen molar-refractivity contribution in [1.29, 1.82) is 0 Å². The second-order valence-corrected chi connectivity index (χ2v) is 8.59. The van der Waals surface area contributed by atoms with Crippen LogP contribution in [0.3, 0.4) is 0 Å². The Morgan fingerprint density at radius 3 is 2.68 bits per heavy atom. The van der Waals surface area contributed by atoms with Gasteiger partial charge >= 0.3 is 0 Å². The van der Waals surface area contributed by atoms with Gasteiger partial charge in [0.25, 0.3) is 5.91 Å². The molecule has 1 N–H and O–H groups in total. The summed E-state index contributed by atoms with van der Waals surface area (Å²) >= 11 is 0. The van der Waals surface area contributed by atoms with E-state index in [1.807, 2.05) is 77.4 Å². The molecule has 168 valence electrons. The molecule has 0 saturated heterocycles. The zero-order valence-electron chi connectivity index (χ0n) is 18.7. The van der Waals surface area contributed by atoms with E-state index >= 15 is 0 Å². The molecule has 0 radical (unpaired) electrons. The monoisotopic (exact) mass is 448 g/mol. The summed E-state index contributed by atoms with van der Waals surface area (Å²) < 4.78 is 4.23. The Labute approximate surface area is 197 Å². The van der Waals surface area contributed by atoms with Crippen LogP contribution in [0.4, 0.5) is 5.69 Å². The number of nitrogens with one attached hydrogen (secondary N) is 1. The minimum atomic E-state index is -0.153. The van der Waals surface area contributed by atoms with Gasteiger partial charge in [-0.15, -0.1) is 10.2 Å². The lowest BCUT2D eigenvalue weighted by Gasteiger charge is -2.10. The molecule has 0 atom stereocenters. The van der Waals surface area contributed by atoms with Gasteiger partial charge in [0.15, 0.2) is 5.82 Å². The smallest absolute Gasteiger partial charge is 0.255 e. The molecule has 3 heterocycles. The number of hydrogen-bond acceptors (Lipinski definition) is 4. The summed E-state index contributed by atoms with van der Waals surface area (Å²) in [6.45, 7) is 0.937. The summed E-state index contributed by atoms with van der Waals surface area (Å²) in [5, 5.41) is 11.9. The fourth-order valence-electron chi connectivity index (χ4n) is 4.58. The van der Waals surface area contributed by atoms with Crippen LogP contribution in [0.15, 0.2) is 79.1 Å². The average Bonchev–Trinajstić information content (AvgIpc) is 3.41. The number of benzene rings is 3. The van der Waals surface area contributed by atoms with E-state index in [4.69, 9.17) is 0 Å². The number of rotatable bonds is 4. The highest BCUT2D eigenvalue weighted by Crippen LogP contribution is 2.25. The molecule has 2 aromatic heterocycles. The van der Waals surface area contributed by atoms with Crippen molar-refractivity contribution in [1.82, 2.24) is 24.3 Å². The molecule has 1 amide bonds. The van der Waals surface area contributed by atoms with Crippen molar-refractivity contribution in [3.8, 4) is 17.1 Å². The lowest BCUT2D eigenvalue weighted by Crippen LogP contribution is -2.12. The van der Waals surface area contributed by atoms with E-state index in [2.05, 4.69) is 25.1 Å². The molecule has 3 aromatic carbocycles. The van der Waals surface area contributed by atoms with Crippen LogP contribution in [0.2, 0.25) is 0 Å². The maximum Gasteiger partial charge on any atom is 0.255 e. The number of carbonyl (C=O) groups is 1. The van der Waals surface area contributed by atoms with Gasteiger partial charge in [-0.05, 0) is 61.4 Å². The third-order valence-electron chi connectivity index (χ3n) is 6.35. The van der Waals surface area contributed by atoms with Gasteiger partial charge in [0, 0.05) is 35.5 Å². The summed E-state index contributed by atoms with van der Waals surface area (Å²) in [6, 6.07) is 23.3. The predicted molar refractivity (Wildman–Crippen MR) is 132 cm³/mol. The van der Waals surface area contributed by atoms with Gasteiger partial charge in [-0.2, -0.15) is 0 Å². The Bertz CT molecular complexity index is 1480. The Balaban J connectivity index is 1.22. The van der Waals surface area contributed by atoms with Crippen LogP contribution in [-0.4, -0.2) is 30.2 Å². The standard InChI is InChI=1S/C27H24N6O/c34-27(19-12-14-22(15-13-19)33-18-28-23-9-3-4-10-24(23)33)29-21-8-6-7-20(17-21)26-31-30-25-11-2-1-5-16-32(25)26/h3-4,6-10,12-15,17-18H,1-2,5,11,16H2,(H,29,34). The normalized spacial score (nSPS) is 13.4. The van der Waals surface area contributed by atoms with Crippen molar-refractivity contribution >= 4 is 22.6 Å². The number of anilines is 1. The van der Waals surface area contributed by atoms with Crippen molar-refractivity contribution in [3.63, 3.8) is 0 Å². The second kappa shape index (κ2) is 8.59. The number of nitrogens with zero attached hydrogens (tertiary/aromatic N) is 5. The number of para-hydroxylation sites is 2. The number of amides is 1. The molecule has 0 spiro atoms. The summed E-state index contributed by atoms with van der Waals surface area (Å²) in [7, 11) is 0. The summed E-state index contributed by atoms with van der Waals surface area (Å²) in [5.41, 5.74) is 5.21. The first kappa shape index (κ1) is 20.4. The largest absolute Gasteiger partial charge is 0.322 e. The van der Waals surface area contributed by atoms with Crippen molar-refractivity contribution in [2.45, 2.75) is 32.2 Å². The topological polar surface area (TPSA) is 77.6 Å². The van der Waals surface area contributed by atoms with Crippen LogP contribution in [0.25, 0.3) is 28.1 Å². The van der Waals surface area contributed by atoms with E-state index in [0.29, 0.717) is 5.56 Å². The number of carbonyl (C=O) groups excluding carboxylic acids is 1. The molecule has 0 fully saturated rings. The van der Waals surface area contributed by atoms with Gasteiger partial charge in [0.05, 0.1) is 11.0 Å². The first-order valence-electron chi connectivity index (χ1n) is 11.6. The maximum atomic E-state index is 12.9.